The maximum atomic E-state index is 12.7. The Hall–Kier alpha value is -0.970. The fourth-order valence-electron chi connectivity index (χ4n) is 14.5. The summed E-state index contributed by atoms with van der Waals surface area (Å²) < 4.78 is 68.3. The quantitative estimate of drug-likeness (QED) is 0.178. The summed E-state index contributed by atoms with van der Waals surface area (Å²) in [6.07, 6.45) is -4.55. The van der Waals surface area contributed by atoms with Crippen LogP contribution in [0.4, 0.5) is 0 Å². The second kappa shape index (κ2) is 19.7. The SMILES string of the molecule is COC1CC(OC2C(C)OC(OC3C(O)CC(OC4C(C)OC(OC5CCC6(C)C(CCC7C6CCC6(C)C(C(C)=O)C(O)C(O)C76O)C5)CC4OC)OC3C)CC2OC)OC(C)C1O. The van der Waals surface area contributed by atoms with E-state index in [1.165, 1.54) is 6.92 Å². The summed E-state index contributed by atoms with van der Waals surface area (Å²) in [6, 6.07) is 0. The van der Waals surface area contributed by atoms with Crippen molar-refractivity contribution in [3.63, 3.8) is 0 Å². The highest BCUT2D eigenvalue weighted by atomic mass is 16.8. The van der Waals surface area contributed by atoms with Crippen LogP contribution >= 0.6 is 0 Å². The third-order valence-electron chi connectivity index (χ3n) is 18.1. The number of Topliss-reactive ketones (excluding diaryl/α,β-unsaturated/α-hetero) is 1. The number of carbonyl (C=O) groups excluding carboxylic acids is 1. The summed E-state index contributed by atoms with van der Waals surface area (Å²) in [4.78, 5) is 12.7. The van der Waals surface area contributed by atoms with Gasteiger partial charge in [0.1, 0.15) is 41.9 Å². The maximum absolute atomic E-state index is 12.7. The largest absolute Gasteiger partial charge is 0.390 e. The van der Waals surface area contributed by atoms with E-state index in [1.807, 2.05) is 27.7 Å². The van der Waals surface area contributed by atoms with E-state index in [-0.39, 0.29) is 47.8 Å². The first-order valence-corrected chi connectivity index (χ1v) is 24.5. The minimum atomic E-state index is -1.52. The van der Waals surface area contributed by atoms with E-state index in [1.54, 1.807) is 28.3 Å². The number of methoxy groups -OCH3 is 3. The molecule has 26 atom stereocenters. The molecule has 374 valence electrons. The molecule has 17 heteroatoms. The van der Waals surface area contributed by atoms with Crippen LogP contribution < -0.4 is 0 Å². The maximum Gasteiger partial charge on any atom is 0.161 e. The Kier molecular flexibility index (Phi) is 15.3. The van der Waals surface area contributed by atoms with E-state index >= 15 is 0 Å². The minimum absolute atomic E-state index is 0.0218. The van der Waals surface area contributed by atoms with Gasteiger partial charge in [-0.25, -0.2) is 0 Å². The van der Waals surface area contributed by atoms with Crippen LogP contribution in [0.15, 0.2) is 0 Å². The fraction of sp³-hybridized carbons (Fsp3) is 0.979. The lowest BCUT2D eigenvalue weighted by molar-refractivity contribution is -0.346. The number of hydrogen-bond acceptors (Lipinski definition) is 17. The monoisotopic (exact) mass is 929 g/mol. The molecule has 0 aromatic heterocycles. The van der Waals surface area contributed by atoms with Crippen molar-refractivity contribution in [1.82, 2.24) is 0 Å². The summed E-state index contributed by atoms with van der Waals surface area (Å²) in [5.74, 6) is -0.640. The van der Waals surface area contributed by atoms with Crippen LogP contribution in [0.2, 0.25) is 0 Å². The van der Waals surface area contributed by atoms with E-state index in [2.05, 4.69) is 6.92 Å². The molecule has 4 saturated heterocycles. The lowest BCUT2D eigenvalue weighted by Crippen LogP contribution is -2.66. The first-order valence-electron chi connectivity index (χ1n) is 24.5. The van der Waals surface area contributed by atoms with Crippen molar-refractivity contribution in [3.05, 3.63) is 0 Å². The highest BCUT2D eigenvalue weighted by molar-refractivity contribution is 5.81. The van der Waals surface area contributed by atoms with Gasteiger partial charge in [-0.05, 0) is 103 Å². The lowest BCUT2D eigenvalue weighted by atomic mass is 9.43. The van der Waals surface area contributed by atoms with Crippen LogP contribution in [0.5, 0.6) is 0 Å². The van der Waals surface area contributed by atoms with Gasteiger partial charge in [-0.3, -0.25) is 4.79 Å². The van der Waals surface area contributed by atoms with Crippen LogP contribution in [-0.2, 0) is 56.9 Å². The molecular formula is C48H80O17. The highest BCUT2D eigenvalue weighted by Gasteiger charge is 2.74. The van der Waals surface area contributed by atoms with Crippen LogP contribution in [0.3, 0.4) is 0 Å². The smallest absolute Gasteiger partial charge is 0.161 e. The molecule has 0 spiro atoms. The number of rotatable bonds is 12. The molecule has 0 bridgehead atoms. The molecule has 0 aromatic carbocycles. The van der Waals surface area contributed by atoms with E-state index in [4.69, 9.17) is 52.1 Å². The number of aliphatic hydroxyl groups excluding tert-OH is 4. The van der Waals surface area contributed by atoms with Gasteiger partial charge in [0.05, 0.1) is 67.0 Å². The second-order valence-electron chi connectivity index (χ2n) is 21.5. The predicted molar refractivity (Wildman–Crippen MR) is 230 cm³/mol. The molecule has 4 heterocycles. The summed E-state index contributed by atoms with van der Waals surface area (Å²) in [7, 11) is 4.83. The van der Waals surface area contributed by atoms with Crippen molar-refractivity contribution in [1.29, 1.82) is 0 Å². The molecule has 4 aliphatic heterocycles. The van der Waals surface area contributed by atoms with Gasteiger partial charge in [0.2, 0.25) is 0 Å². The number of carbonyl (C=O) groups is 1. The van der Waals surface area contributed by atoms with Crippen LogP contribution in [0.25, 0.3) is 0 Å². The Bertz CT molecular complexity index is 1610. The summed E-state index contributed by atoms with van der Waals surface area (Å²) in [5, 5.41) is 56.7. The van der Waals surface area contributed by atoms with Gasteiger partial charge in [-0.15, -0.1) is 0 Å². The molecule has 8 aliphatic rings. The van der Waals surface area contributed by atoms with Crippen molar-refractivity contribution in [2.45, 2.75) is 241 Å². The average Bonchev–Trinajstić information content (AvgIpc) is 3.42. The number of ketones is 1. The molecule has 17 nitrogen and oxygen atoms in total. The Labute approximate surface area is 384 Å². The standard InChI is InChI=1S/C48H80O17/c1-22(49)39-41(52)45(53)48(54)30-12-11-27-17-28(13-15-46(27,6)29(30)14-16-47(39,48)7)62-36-20-33(56-9)43(25(4)60-36)64-35-18-31(50)42(24(3)59-35)63-38-21-34(57-10)44(26(5)61-38)65-37-19-32(55-8)40(51)23(2)58-37/h23-45,50-54H,11-21H2,1-10H3. The van der Waals surface area contributed by atoms with Gasteiger partial charge >= 0.3 is 0 Å². The van der Waals surface area contributed by atoms with E-state index in [0.717, 1.165) is 38.5 Å². The zero-order valence-electron chi connectivity index (χ0n) is 40.2. The molecule has 8 rings (SSSR count). The lowest BCUT2D eigenvalue weighted by Gasteiger charge is -2.63. The summed E-state index contributed by atoms with van der Waals surface area (Å²) in [6.45, 7) is 13.2. The van der Waals surface area contributed by atoms with Crippen LogP contribution in [0.1, 0.15) is 119 Å². The molecule has 0 aromatic rings. The Morgan fingerprint density at radius 1 is 0.569 bits per heavy atom. The average molecular weight is 929 g/mol. The molecular weight excluding hydrogens is 849 g/mol. The molecule has 5 N–H and O–H groups in total. The van der Waals surface area contributed by atoms with Crippen LogP contribution in [0, 0.1) is 34.5 Å². The fourth-order valence-corrected chi connectivity index (χ4v) is 14.5. The number of ether oxygens (including phenoxy) is 11. The third kappa shape index (κ3) is 9.05. The van der Waals surface area contributed by atoms with Crippen molar-refractivity contribution < 1.29 is 82.4 Å². The van der Waals surface area contributed by atoms with Gasteiger partial charge < -0.3 is 77.6 Å². The third-order valence-corrected chi connectivity index (χ3v) is 18.1. The van der Waals surface area contributed by atoms with Crippen molar-refractivity contribution >= 4 is 5.78 Å². The Balaban J connectivity index is 0.815. The minimum Gasteiger partial charge on any atom is -0.390 e. The Morgan fingerprint density at radius 2 is 1.08 bits per heavy atom. The Morgan fingerprint density at radius 3 is 1.63 bits per heavy atom. The van der Waals surface area contributed by atoms with Gasteiger partial charge in [0.25, 0.3) is 0 Å². The van der Waals surface area contributed by atoms with Gasteiger partial charge in [-0.2, -0.15) is 0 Å². The van der Waals surface area contributed by atoms with Crippen molar-refractivity contribution in [2.24, 2.45) is 34.5 Å². The van der Waals surface area contributed by atoms with E-state index in [0.29, 0.717) is 31.6 Å². The molecule has 26 unspecified atom stereocenters. The van der Waals surface area contributed by atoms with Gasteiger partial charge in [-0.1, -0.05) is 13.8 Å². The molecule has 8 fully saturated rings. The second-order valence-corrected chi connectivity index (χ2v) is 21.5. The first-order chi connectivity index (χ1) is 30.8. The van der Waals surface area contributed by atoms with Crippen molar-refractivity contribution in [3.8, 4) is 0 Å². The number of hydrogen-bond donors (Lipinski definition) is 5. The van der Waals surface area contributed by atoms with Crippen LogP contribution in [-0.4, -0.2) is 175 Å². The molecule has 0 amide bonds. The first kappa shape index (κ1) is 50.4. The van der Waals surface area contributed by atoms with E-state index in [9.17, 15) is 30.3 Å². The zero-order valence-corrected chi connectivity index (χ0v) is 40.2. The highest BCUT2D eigenvalue weighted by Crippen LogP contribution is 2.69. The zero-order chi connectivity index (χ0) is 46.9. The molecule has 65 heavy (non-hydrogen) atoms. The molecule has 0 radical (unpaired) electrons. The number of aliphatic hydroxyl groups is 5. The predicted octanol–water partition coefficient (Wildman–Crippen LogP) is 3.14. The normalized spacial score (nSPS) is 54.9. The molecule has 4 saturated carbocycles. The summed E-state index contributed by atoms with van der Waals surface area (Å²) >= 11 is 0. The molecule has 4 aliphatic carbocycles. The van der Waals surface area contributed by atoms with E-state index < -0.39 is 115 Å². The topological polar surface area (TPSA) is 220 Å². The summed E-state index contributed by atoms with van der Waals surface area (Å²) in [5.41, 5.74) is -2.47. The number of fused-ring (bicyclic) bond motifs is 5. The van der Waals surface area contributed by atoms with Gasteiger partial charge in [0.15, 0.2) is 25.2 Å². The van der Waals surface area contributed by atoms with Gasteiger partial charge in [0, 0.05) is 52.4 Å². The van der Waals surface area contributed by atoms with Crippen molar-refractivity contribution in [2.75, 3.05) is 21.3 Å².